The van der Waals surface area contributed by atoms with Gasteiger partial charge in [-0.2, -0.15) is 0 Å². The fourth-order valence-electron chi connectivity index (χ4n) is 2.01. The number of ketones is 1. The van der Waals surface area contributed by atoms with Gasteiger partial charge in [-0.05, 0) is 19.4 Å². The number of carbonyl (C=O) groups excluding carboxylic acids is 1. The lowest BCUT2D eigenvalue weighted by Crippen LogP contribution is -1.94. The highest BCUT2D eigenvalue weighted by atomic mass is 35.5. The van der Waals surface area contributed by atoms with Gasteiger partial charge in [0.25, 0.3) is 0 Å². The van der Waals surface area contributed by atoms with Crippen molar-refractivity contribution in [2.24, 2.45) is 0 Å². The van der Waals surface area contributed by atoms with Crippen LogP contribution in [0.1, 0.15) is 30.6 Å². The first kappa shape index (κ1) is 11.2. The van der Waals surface area contributed by atoms with Crippen LogP contribution in [0.3, 0.4) is 0 Å². The van der Waals surface area contributed by atoms with Gasteiger partial charge in [0.2, 0.25) is 0 Å². The van der Waals surface area contributed by atoms with E-state index in [1.54, 1.807) is 6.92 Å². The lowest BCUT2D eigenvalue weighted by Gasteiger charge is -2.03. The average Bonchev–Trinajstić information content (AvgIpc) is 2.59. The fourth-order valence-corrected chi connectivity index (χ4v) is 2.30. The Morgan fingerprint density at radius 2 is 2.19 bits per heavy atom. The number of Topliss-reactive ketones (excluding diaryl/α,β-unsaturated/α-hetero) is 1. The number of fused-ring (bicyclic) bond motifs is 1. The quantitative estimate of drug-likeness (QED) is 0.740. The van der Waals surface area contributed by atoms with E-state index < -0.39 is 0 Å². The van der Waals surface area contributed by atoms with Gasteiger partial charge in [-0.25, -0.2) is 0 Å². The molecular weight excluding hydrogens is 222 g/mol. The Labute approximate surface area is 99.8 Å². The number of aromatic nitrogens is 1. The third-order valence-electron chi connectivity index (χ3n) is 2.69. The highest BCUT2D eigenvalue weighted by Crippen LogP contribution is 2.28. The van der Waals surface area contributed by atoms with Crippen molar-refractivity contribution >= 4 is 28.3 Å². The molecule has 0 N–H and O–H groups in total. The third kappa shape index (κ3) is 1.74. The maximum atomic E-state index is 11.5. The van der Waals surface area contributed by atoms with Gasteiger partial charge in [0.05, 0.1) is 10.5 Å². The number of carbonyl (C=O) groups is 1. The molecule has 16 heavy (non-hydrogen) atoms. The normalized spacial score (nSPS) is 10.9. The van der Waals surface area contributed by atoms with Crippen molar-refractivity contribution in [2.75, 3.05) is 0 Å². The van der Waals surface area contributed by atoms with Crippen LogP contribution in [0.25, 0.3) is 10.9 Å². The van der Waals surface area contributed by atoms with E-state index in [-0.39, 0.29) is 5.78 Å². The molecule has 0 saturated heterocycles. The molecular formula is C13H14ClNO. The monoisotopic (exact) mass is 235 g/mol. The van der Waals surface area contributed by atoms with Crippen LogP contribution in [0.15, 0.2) is 24.4 Å². The van der Waals surface area contributed by atoms with Crippen LogP contribution in [0.2, 0.25) is 5.02 Å². The number of aryl methyl sites for hydroxylation is 1. The van der Waals surface area contributed by atoms with Crippen LogP contribution in [-0.4, -0.2) is 10.4 Å². The maximum Gasteiger partial charge on any atom is 0.161 e. The first-order valence-corrected chi connectivity index (χ1v) is 5.81. The first-order chi connectivity index (χ1) is 7.65. The van der Waals surface area contributed by atoms with Gasteiger partial charge in [-0.3, -0.25) is 4.79 Å². The molecule has 1 heterocycles. The van der Waals surface area contributed by atoms with E-state index in [1.165, 1.54) is 0 Å². The van der Waals surface area contributed by atoms with Crippen LogP contribution in [-0.2, 0) is 6.54 Å². The largest absolute Gasteiger partial charge is 0.346 e. The van der Waals surface area contributed by atoms with Gasteiger partial charge in [0.1, 0.15) is 0 Å². The molecule has 3 heteroatoms. The number of halogens is 1. The predicted molar refractivity (Wildman–Crippen MR) is 67.2 cm³/mol. The van der Waals surface area contributed by atoms with Crippen LogP contribution in [0, 0.1) is 0 Å². The summed E-state index contributed by atoms with van der Waals surface area (Å²) in [6, 6.07) is 5.69. The summed E-state index contributed by atoms with van der Waals surface area (Å²) in [6.45, 7) is 4.58. The molecule has 0 fully saturated rings. The topological polar surface area (TPSA) is 22.0 Å². The van der Waals surface area contributed by atoms with Gasteiger partial charge < -0.3 is 4.57 Å². The first-order valence-electron chi connectivity index (χ1n) is 5.43. The Balaban J connectivity index is 2.76. The van der Waals surface area contributed by atoms with Gasteiger partial charge in [-0.1, -0.05) is 30.7 Å². The van der Waals surface area contributed by atoms with Crippen LogP contribution in [0.5, 0.6) is 0 Å². The summed E-state index contributed by atoms with van der Waals surface area (Å²) in [7, 11) is 0. The minimum Gasteiger partial charge on any atom is -0.346 e. The molecule has 0 saturated carbocycles. The predicted octanol–water partition coefficient (Wildman–Crippen LogP) is 3.91. The second-order valence-corrected chi connectivity index (χ2v) is 4.34. The smallest absolute Gasteiger partial charge is 0.161 e. The van der Waals surface area contributed by atoms with Crippen molar-refractivity contribution in [3.8, 4) is 0 Å². The third-order valence-corrected chi connectivity index (χ3v) is 3.00. The zero-order valence-corrected chi connectivity index (χ0v) is 10.2. The molecule has 0 radical (unpaired) electrons. The van der Waals surface area contributed by atoms with E-state index in [0.29, 0.717) is 5.02 Å². The molecule has 0 atom stereocenters. The summed E-state index contributed by atoms with van der Waals surface area (Å²) in [5.41, 5.74) is 1.72. The van der Waals surface area contributed by atoms with Gasteiger partial charge in [0.15, 0.2) is 5.78 Å². The molecule has 0 aliphatic heterocycles. The number of hydrogen-bond acceptors (Lipinski definition) is 1. The summed E-state index contributed by atoms with van der Waals surface area (Å²) in [5.74, 6) is 0.0853. The number of hydrogen-bond donors (Lipinski definition) is 0. The molecule has 2 aromatic rings. The highest BCUT2D eigenvalue weighted by Gasteiger charge is 2.13. The van der Waals surface area contributed by atoms with Gasteiger partial charge in [-0.15, -0.1) is 0 Å². The second-order valence-electron chi connectivity index (χ2n) is 3.93. The number of para-hydroxylation sites is 1. The maximum absolute atomic E-state index is 11.5. The molecule has 0 bridgehead atoms. The molecule has 0 aliphatic carbocycles. The second kappa shape index (κ2) is 4.30. The van der Waals surface area contributed by atoms with Crippen LogP contribution < -0.4 is 0 Å². The molecule has 0 aliphatic rings. The van der Waals surface area contributed by atoms with Gasteiger partial charge >= 0.3 is 0 Å². The van der Waals surface area contributed by atoms with E-state index in [1.807, 2.05) is 24.4 Å². The molecule has 0 unspecified atom stereocenters. The molecule has 1 aromatic heterocycles. The van der Waals surface area contributed by atoms with E-state index in [4.69, 9.17) is 11.6 Å². The molecule has 84 valence electrons. The van der Waals surface area contributed by atoms with Crippen molar-refractivity contribution in [3.05, 3.63) is 35.0 Å². The van der Waals surface area contributed by atoms with Crippen LogP contribution in [0.4, 0.5) is 0 Å². The Kier molecular flexibility index (Phi) is 3.01. The highest BCUT2D eigenvalue weighted by molar-refractivity contribution is 6.35. The van der Waals surface area contributed by atoms with E-state index in [0.717, 1.165) is 29.4 Å². The minimum atomic E-state index is 0.0853. The molecule has 0 spiro atoms. The van der Waals surface area contributed by atoms with Crippen molar-refractivity contribution in [1.82, 2.24) is 4.57 Å². The van der Waals surface area contributed by atoms with Crippen molar-refractivity contribution in [3.63, 3.8) is 0 Å². The van der Waals surface area contributed by atoms with E-state index in [2.05, 4.69) is 11.5 Å². The average molecular weight is 236 g/mol. The van der Waals surface area contributed by atoms with Crippen LogP contribution >= 0.6 is 11.6 Å². The Bertz CT molecular complexity index is 542. The van der Waals surface area contributed by atoms with Gasteiger partial charge in [0, 0.05) is 23.7 Å². The minimum absolute atomic E-state index is 0.0853. The lowest BCUT2D eigenvalue weighted by molar-refractivity contribution is 0.101. The number of benzene rings is 1. The van der Waals surface area contributed by atoms with E-state index in [9.17, 15) is 4.79 Å². The fraction of sp³-hybridized carbons (Fsp3) is 0.308. The summed E-state index contributed by atoms with van der Waals surface area (Å²) in [6.07, 6.45) is 2.93. The van der Waals surface area contributed by atoms with Crippen molar-refractivity contribution < 1.29 is 4.79 Å². The Morgan fingerprint density at radius 3 is 2.81 bits per heavy atom. The standard InChI is InChI=1S/C13H14ClNO/c1-3-7-15-8-11(9(2)16)10-5-4-6-12(14)13(10)15/h4-6,8H,3,7H2,1-2H3. The summed E-state index contributed by atoms with van der Waals surface area (Å²) < 4.78 is 2.06. The van der Waals surface area contributed by atoms with Crippen molar-refractivity contribution in [1.29, 1.82) is 0 Å². The summed E-state index contributed by atoms with van der Waals surface area (Å²) >= 11 is 6.18. The zero-order valence-electron chi connectivity index (χ0n) is 9.46. The SMILES string of the molecule is CCCn1cc(C(C)=O)c2cccc(Cl)c21. The zero-order chi connectivity index (χ0) is 11.7. The number of rotatable bonds is 3. The molecule has 2 rings (SSSR count). The molecule has 2 nitrogen and oxygen atoms in total. The summed E-state index contributed by atoms with van der Waals surface area (Å²) in [4.78, 5) is 11.5. The van der Waals surface area contributed by atoms with E-state index >= 15 is 0 Å². The Morgan fingerprint density at radius 1 is 1.44 bits per heavy atom. The lowest BCUT2D eigenvalue weighted by atomic mass is 10.1. The molecule has 1 aromatic carbocycles. The Hall–Kier alpha value is -1.28. The summed E-state index contributed by atoms with van der Waals surface area (Å²) in [5, 5.41) is 1.66. The van der Waals surface area contributed by atoms with Crippen molar-refractivity contribution in [2.45, 2.75) is 26.8 Å². The molecule has 0 amide bonds. The number of nitrogens with zero attached hydrogens (tertiary/aromatic N) is 1.